The first-order valence-electron chi connectivity index (χ1n) is 6.19. The van der Waals surface area contributed by atoms with E-state index in [-0.39, 0.29) is 12.2 Å². The van der Waals surface area contributed by atoms with Crippen molar-refractivity contribution in [2.24, 2.45) is 0 Å². The quantitative estimate of drug-likeness (QED) is 0.644. The maximum atomic E-state index is 12.3. The van der Waals surface area contributed by atoms with E-state index >= 15 is 0 Å². The maximum Gasteiger partial charge on any atom is 0.204 e. The number of ketones is 1. The van der Waals surface area contributed by atoms with E-state index in [1.807, 2.05) is 32.0 Å². The molecular formula is C15H12BrNO2S. The van der Waals surface area contributed by atoms with Gasteiger partial charge in [0.25, 0.3) is 0 Å². The first kappa shape index (κ1) is 13.5. The molecule has 0 radical (unpaired) electrons. The summed E-state index contributed by atoms with van der Waals surface area (Å²) in [6.45, 7) is 3.97. The molecule has 0 spiro atoms. The van der Waals surface area contributed by atoms with Gasteiger partial charge >= 0.3 is 0 Å². The summed E-state index contributed by atoms with van der Waals surface area (Å²) in [6, 6.07) is 7.53. The number of rotatable bonds is 3. The second-order valence-electron chi connectivity index (χ2n) is 4.62. The van der Waals surface area contributed by atoms with Gasteiger partial charge in [-0.05, 0) is 41.9 Å². The van der Waals surface area contributed by atoms with E-state index in [4.69, 9.17) is 4.42 Å². The van der Waals surface area contributed by atoms with Crippen molar-refractivity contribution in [3.63, 3.8) is 0 Å². The number of thiazole rings is 1. The smallest absolute Gasteiger partial charge is 0.204 e. The van der Waals surface area contributed by atoms with E-state index in [9.17, 15) is 4.79 Å². The third kappa shape index (κ3) is 2.43. The molecule has 0 N–H and O–H groups in total. The number of carbonyl (C=O) groups is 1. The molecule has 0 aliphatic heterocycles. The van der Waals surface area contributed by atoms with Gasteiger partial charge in [0.15, 0.2) is 5.76 Å². The molecule has 0 unspecified atom stereocenters. The number of furan rings is 1. The highest BCUT2D eigenvalue weighted by atomic mass is 79.9. The Morgan fingerprint density at radius 3 is 2.85 bits per heavy atom. The minimum atomic E-state index is -0.0400. The van der Waals surface area contributed by atoms with Crippen LogP contribution in [0, 0.1) is 13.8 Å². The predicted molar refractivity (Wildman–Crippen MR) is 83.5 cm³/mol. The van der Waals surface area contributed by atoms with E-state index in [2.05, 4.69) is 20.9 Å². The molecule has 20 heavy (non-hydrogen) atoms. The van der Waals surface area contributed by atoms with Crippen LogP contribution in [-0.4, -0.2) is 10.8 Å². The zero-order valence-electron chi connectivity index (χ0n) is 11.1. The van der Waals surface area contributed by atoms with Crippen LogP contribution in [0.15, 0.2) is 33.2 Å². The highest BCUT2D eigenvalue weighted by Gasteiger charge is 2.16. The Bertz CT molecular complexity index is 784. The summed E-state index contributed by atoms with van der Waals surface area (Å²) in [6.07, 6.45) is 0.288. The van der Waals surface area contributed by atoms with Crippen molar-refractivity contribution in [3.05, 3.63) is 50.1 Å². The molecule has 0 bridgehead atoms. The summed E-state index contributed by atoms with van der Waals surface area (Å²) in [5, 5.41) is 1.76. The first-order chi connectivity index (χ1) is 9.54. The van der Waals surface area contributed by atoms with Crippen LogP contribution in [0.5, 0.6) is 0 Å². The normalized spacial score (nSPS) is 11.2. The largest absolute Gasteiger partial charge is 0.452 e. The lowest BCUT2D eigenvalue weighted by Gasteiger charge is -1.93. The summed E-state index contributed by atoms with van der Waals surface area (Å²) in [4.78, 5) is 17.8. The standard InChI is InChI=1S/C15H12BrNO2S/c1-8-9(2)20-14(17-8)7-12(18)13-6-10-4-3-5-11(16)15(10)19-13/h3-6H,7H2,1-2H3. The average molecular weight is 350 g/mol. The Balaban J connectivity index is 1.90. The van der Waals surface area contributed by atoms with Crippen molar-refractivity contribution < 1.29 is 9.21 Å². The van der Waals surface area contributed by atoms with Gasteiger partial charge in [-0.25, -0.2) is 4.98 Å². The molecule has 2 heterocycles. The van der Waals surface area contributed by atoms with Gasteiger partial charge in [0.2, 0.25) is 5.78 Å². The number of fused-ring (bicyclic) bond motifs is 1. The summed E-state index contributed by atoms with van der Waals surface area (Å²) in [7, 11) is 0. The van der Waals surface area contributed by atoms with Crippen LogP contribution in [-0.2, 0) is 6.42 Å². The lowest BCUT2D eigenvalue weighted by atomic mass is 10.2. The van der Waals surface area contributed by atoms with E-state index in [1.165, 1.54) is 0 Å². The molecule has 5 heteroatoms. The number of nitrogens with zero attached hydrogens (tertiary/aromatic N) is 1. The van der Waals surface area contributed by atoms with Crippen LogP contribution in [0.4, 0.5) is 0 Å². The Morgan fingerprint density at radius 2 is 2.20 bits per heavy atom. The predicted octanol–water partition coefficient (Wildman–Crippen LogP) is 4.69. The molecule has 0 amide bonds. The topological polar surface area (TPSA) is 43.1 Å². The molecule has 3 aromatic rings. The number of aromatic nitrogens is 1. The van der Waals surface area contributed by atoms with Gasteiger partial charge in [0, 0.05) is 10.3 Å². The molecule has 0 aliphatic carbocycles. The van der Waals surface area contributed by atoms with Gasteiger partial charge in [-0.15, -0.1) is 11.3 Å². The molecule has 102 valence electrons. The third-order valence-corrected chi connectivity index (χ3v) is 4.85. The fourth-order valence-corrected chi connectivity index (χ4v) is 3.40. The average Bonchev–Trinajstić information content (AvgIpc) is 2.95. The van der Waals surface area contributed by atoms with Crippen molar-refractivity contribution in [1.82, 2.24) is 4.98 Å². The molecule has 0 atom stereocenters. The van der Waals surface area contributed by atoms with Crippen molar-refractivity contribution in [2.75, 3.05) is 0 Å². The van der Waals surface area contributed by atoms with Crippen LogP contribution in [0.2, 0.25) is 0 Å². The molecule has 0 fully saturated rings. The highest BCUT2D eigenvalue weighted by molar-refractivity contribution is 9.10. The van der Waals surface area contributed by atoms with Gasteiger partial charge in [-0.3, -0.25) is 4.79 Å². The molecule has 2 aromatic heterocycles. The number of aryl methyl sites for hydroxylation is 2. The van der Waals surface area contributed by atoms with Crippen LogP contribution < -0.4 is 0 Å². The zero-order valence-corrected chi connectivity index (χ0v) is 13.5. The number of para-hydroxylation sites is 1. The SMILES string of the molecule is Cc1nc(CC(=O)c2cc3cccc(Br)c3o2)sc1C. The summed E-state index contributed by atoms with van der Waals surface area (Å²) < 4.78 is 6.51. The molecule has 0 saturated heterocycles. The number of carbonyl (C=O) groups excluding carboxylic acids is 1. The van der Waals surface area contributed by atoms with Crippen LogP contribution in [0.3, 0.4) is 0 Å². The second-order valence-corrected chi connectivity index (χ2v) is 6.76. The number of halogens is 1. The Morgan fingerprint density at radius 1 is 1.40 bits per heavy atom. The third-order valence-electron chi connectivity index (χ3n) is 3.16. The molecule has 0 saturated carbocycles. The van der Waals surface area contributed by atoms with Gasteiger partial charge in [0.05, 0.1) is 16.6 Å². The summed E-state index contributed by atoms with van der Waals surface area (Å²) >= 11 is 4.99. The minimum absolute atomic E-state index is 0.0400. The van der Waals surface area contributed by atoms with Crippen LogP contribution >= 0.6 is 27.3 Å². The van der Waals surface area contributed by atoms with Crippen molar-refractivity contribution in [1.29, 1.82) is 0 Å². The molecular weight excluding hydrogens is 338 g/mol. The summed E-state index contributed by atoms with van der Waals surface area (Å²) in [5.41, 5.74) is 1.70. The molecule has 3 rings (SSSR count). The van der Waals surface area contributed by atoms with E-state index in [1.54, 1.807) is 17.4 Å². The zero-order chi connectivity index (χ0) is 14.3. The van der Waals surface area contributed by atoms with Gasteiger partial charge < -0.3 is 4.42 Å². The fraction of sp³-hybridized carbons (Fsp3) is 0.200. The number of hydrogen-bond donors (Lipinski definition) is 0. The van der Waals surface area contributed by atoms with Gasteiger partial charge in [-0.2, -0.15) is 0 Å². The first-order valence-corrected chi connectivity index (χ1v) is 7.79. The lowest BCUT2D eigenvalue weighted by Crippen LogP contribution is -2.01. The summed E-state index contributed by atoms with van der Waals surface area (Å²) in [5.74, 6) is 0.347. The van der Waals surface area contributed by atoms with E-state index in [0.717, 1.165) is 25.4 Å². The van der Waals surface area contributed by atoms with Crippen molar-refractivity contribution in [2.45, 2.75) is 20.3 Å². The fourth-order valence-electron chi connectivity index (χ4n) is 2.00. The molecule has 3 nitrogen and oxygen atoms in total. The van der Waals surface area contributed by atoms with Crippen molar-refractivity contribution in [3.8, 4) is 0 Å². The minimum Gasteiger partial charge on any atom is -0.452 e. The van der Waals surface area contributed by atoms with Crippen molar-refractivity contribution >= 4 is 44.0 Å². The van der Waals surface area contributed by atoms with E-state index < -0.39 is 0 Å². The van der Waals surface area contributed by atoms with Gasteiger partial charge in [0.1, 0.15) is 10.6 Å². The molecule has 0 aliphatic rings. The second kappa shape index (κ2) is 5.14. The van der Waals surface area contributed by atoms with Crippen LogP contribution in [0.25, 0.3) is 11.0 Å². The van der Waals surface area contributed by atoms with Gasteiger partial charge in [-0.1, -0.05) is 12.1 Å². The Kier molecular flexibility index (Phi) is 3.48. The number of hydrogen-bond acceptors (Lipinski definition) is 4. The van der Waals surface area contributed by atoms with E-state index in [0.29, 0.717) is 11.3 Å². The Hall–Kier alpha value is -1.46. The monoisotopic (exact) mass is 349 g/mol. The van der Waals surface area contributed by atoms with Crippen LogP contribution in [0.1, 0.15) is 26.1 Å². The maximum absolute atomic E-state index is 12.3. The molecule has 1 aromatic carbocycles. The lowest BCUT2D eigenvalue weighted by molar-refractivity contribution is 0.0968. The number of benzene rings is 1. The highest BCUT2D eigenvalue weighted by Crippen LogP contribution is 2.28. The Labute approximate surface area is 128 Å². The number of Topliss-reactive ketones (excluding diaryl/α,β-unsaturated/α-hetero) is 1.